The van der Waals surface area contributed by atoms with Gasteiger partial charge in [-0.05, 0) is 15.9 Å². The number of ketones is 1. The Labute approximate surface area is 115 Å². The third-order valence-corrected chi connectivity index (χ3v) is 3.40. The summed E-state index contributed by atoms with van der Waals surface area (Å²) in [5.41, 5.74) is -0.373. The highest BCUT2D eigenvalue weighted by Gasteiger charge is 2.43. The zero-order chi connectivity index (χ0) is 14.2. The summed E-state index contributed by atoms with van der Waals surface area (Å²) in [4.78, 5) is 21.4. The predicted molar refractivity (Wildman–Crippen MR) is 65.6 cm³/mol. The van der Waals surface area contributed by atoms with Crippen LogP contribution >= 0.6 is 15.9 Å². The standard InChI is InChI=1S/C11H9BrFNO5/c1-18-11-8(15)4-10(11)19-9-3-6(13)5(12)2-7(9)14(16)17/h2-3,10-11H,4H2,1H3. The average molecular weight is 334 g/mol. The molecule has 2 atom stereocenters. The average Bonchev–Trinajstić information content (AvgIpc) is 2.32. The van der Waals surface area contributed by atoms with E-state index in [4.69, 9.17) is 9.47 Å². The van der Waals surface area contributed by atoms with Crippen LogP contribution in [0.4, 0.5) is 10.1 Å². The van der Waals surface area contributed by atoms with Gasteiger partial charge in [-0.15, -0.1) is 0 Å². The highest BCUT2D eigenvalue weighted by molar-refractivity contribution is 9.10. The van der Waals surface area contributed by atoms with E-state index >= 15 is 0 Å². The summed E-state index contributed by atoms with van der Waals surface area (Å²) < 4.78 is 23.6. The Hall–Kier alpha value is -1.54. The smallest absolute Gasteiger partial charge is 0.312 e. The SMILES string of the molecule is COC1C(=O)CC1Oc1cc(F)c(Br)cc1[N+](=O)[O-]. The molecule has 1 aromatic rings. The number of Topliss-reactive ketones (excluding diaryl/α,β-unsaturated/α-hetero) is 1. The minimum atomic E-state index is -0.758. The number of benzene rings is 1. The fourth-order valence-corrected chi connectivity index (χ4v) is 2.10. The van der Waals surface area contributed by atoms with Crippen LogP contribution < -0.4 is 4.74 Å². The summed E-state index contributed by atoms with van der Waals surface area (Å²) in [6.07, 6.45) is -1.30. The number of nitrogens with zero attached hydrogens (tertiary/aromatic N) is 1. The van der Waals surface area contributed by atoms with Crippen LogP contribution in [0.5, 0.6) is 5.75 Å². The molecule has 0 aromatic heterocycles. The van der Waals surface area contributed by atoms with Crippen molar-refractivity contribution >= 4 is 27.4 Å². The number of carbonyl (C=O) groups is 1. The zero-order valence-electron chi connectivity index (χ0n) is 9.76. The quantitative estimate of drug-likeness (QED) is 0.623. The number of hydrogen-bond acceptors (Lipinski definition) is 5. The molecular weight excluding hydrogens is 325 g/mol. The van der Waals surface area contributed by atoms with Crippen molar-refractivity contribution in [3.63, 3.8) is 0 Å². The van der Waals surface area contributed by atoms with E-state index in [1.165, 1.54) is 7.11 Å². The minimum absolute atomic E-state index is 0.0282. The summed E-state index contributed by atoms with van der Waals surface area (Å²) in [6.45, 7) is 0. The van der Waals surface area contributed by atoms with Crippen LogP contribution in [-0.2, 0) is 9.53 Å². The maximum absolute atomic E-state index is 13.4. The van der Waals surface area contributed by atoms with Gasteiger partial charge < -0.3 is 9.47 Å². The Morgan fingerprint density at radius 2 is 2.21 bits per heavy atom. The number of hydrogen-bond donors (Lipinski definition) is 0. The largest absolute Gasteiger partial charge is 0.480 e. The first kappa shape index (κ1) is 13.9. The van der Waals surface area contributed by atoms with Crippen LogP contribution in [0, 0.1) is 15.9 Å². The summed E-state index contributed by atoms with van der Waals surface area (Å²) >= 11 is 2.87. The van der Waals surface area contributed by atoms with Crippen molar-refractivity contribution in [3.05, 3.63) is 32.5 Å². The minimum Gasteiger partial charge on any atom is -0.480 e. The van der Waals surface area contributed by atoms with Gasteiger partial charge in [0, 0.05) is 25.7 Å². The van der Waals surface area contributed by atoms with Crippen LogP contribution in [0.15, 0.2) is 16.6 Å². The number of methoxy groups -OCH3 is 1. The van der Waals surface area contributed by atoms with Crippen LogP contribution in [0.1, 0.15) is 6.42 Å². The number of ether oxygens (including phenoxy) is 2. The third-order valence-electron chi connectivity index (χ3n) is 2.79. The van der Waals surface area contributed by atoms with Gasteiger partial charge in [-0.3, -0.25) is 14.9 Å². The van der Waals surface area contributed by atoms with Crippen molar-refractivity contribution in [2.24, 2.45) is 0 Å². The van der Waals surface area contributed by atoms with Gasteiger partial charge in [0.15, 0.2) is 11.9 Å². The molecule has 1 aliphatic carbocycles. The van der Waals surface area contributed by atoms with Crippen LogP contribution in [0.25, 0.3) is 0 Å². The van der Waals surface area contributed by atoms with E-state index in [-0.39, 0.29) is 28.1 Å². The molecule has 8 heteroatoms. The first-order chi connectivity index (χ1) is 8.93. The van der Waals surface area contributed by atoms with E-state index in [1.54, 1.807) is 0 Å². The number of nitro groups is 1. The van der Waals surface area contributed by atoms with Gasteiger partial charge in [-0.25, -0.2) is 4.39 Å². The summed E-state index contributed by atoms with van der Waals surface area (Å²) in [5, 5.41) is 10.9. The van der Waals surface area contributed by atoms with Crippen molar-refractivity contribution in [2.75, 3.05) is 7.11 Å². The molecule has 0 radical (unpaired) electrons. The molecule has 6 nitrogen and oxygen atoms in total. The number of nitro benzene ring substituents is 1. The van der Waals surface area contributed by atoms with Crippen molar-refractivity contribution in [1.82, 2.24) is 0 Å². The van der Waals surface area contributed by atoms with E-state index in [1.807, 2.05) is 0 Å². The molecule has 1 aliphatic rings. The number of carbonyl (C=O) groups excluding carboxylic acids is 1. The van der Waals surface area contributed by atoms with Crippen LogP contribution in [0.2, 0.25) is 0 Å². The van der Waals surface area contributed by atoms with E-state index in [2.05, 4.69) is 15.9 Å². The monoisotopic (exact) mass is 333 g/mol. The van der Waals surface area contributed by atoms with Crippen LogP contribution in [-0.4, -0.2) is 30.0 Å². The molecule has 1 fully saturated rings. The topological polar surface area (TPSA) is 78.7 Å². The highest BCUT2D eigenvalue weighted by atomic mass is 79.9. The van der Waals surface area contributed by atoms with Crippen molar-refractivity contribution in [2.45, 2.75) is 18.6 Å². The van der Waals surface area contributed by atoms with Gasteiger partial charge in [0.25, 0.3) is 0 Å². The zero-order valence-corrected chi connectivity index (χ0v) is 11.3. The van der Waals surface area contributed by atoms with Crippen molar-refractivity contribution in [3.8, 4) is 5.75 Å². The predicted octanol–water partition coefficient (Wildman–Crippen LogP) is 2.23. The molecule has 0 spiro atoms. The van der Waals surface area contributed by atoms with Gasteiger partial charge in [0.2, 0.25) is 5.75 Å². The van der Waals surface area contributed by atoms with Crippen molar-refractivity contribution in [1.29, 1.82) is 0 Å². The lowest BCUT2D eigenvalue weighted by Crippen LogP contribution is -2.51. The maximum Gasteiger partial charge on any atom is 0.312 e. The summed E-state index contributed by atoms with van der Waals surface area (Å²) in [6, 6.07) is 1.94. The molecule has 0 saturated heterocycles. The molecule has 0 heterocycles. The van der Waals surface area contributed by atoms with Crippen molar-refractivity contribution < 1.29 is 23.6 Å². The molecular formula is C11H9BrFNO5. The van der Waals surface area contributed by atoms with E-state index in [0.717, 1.165) is 12.1 Å². The van der Waals surface area contributed by atoms with Crippen LogP contribution in [0.3, 0.4) is 0 Å². The fraction of sp³-hybridized carbons (Fsp3) is 0.364. The third kappa shape index (κ3) is 2.59. The summed E-state index contributed by atoms with van der Waals surface area (Å²) in [7, 11) is 1.34. The highest BCUT2D eigenvalue weighted by Crippen LogP contribution is 2.35. The van der Waals surface area contributed by atoms with E-state index in [0.29, 0.717) is 0 Å². The second kappa shape index (κ2) is 5.22. The van der Waals surface area contributed by atoms with Gasteiger partial charge in [0.1, 0.15) is 11.9 Å². The Morgan fingerprint density at radius 1 is 1.53 bits per heavy atom. The van der Waals surface area contributed by atoms with E-state index < -0.39 is 22.9 Å². The number of rotatable bonds is 4. The Morgan fingerprint density at radius 3 is 2.74 bits per heavy atom. The molecule has 0 bridgehead atoms. The van der Waals surface area contributed by atoms with Gasteiger partial charge in [0.05, 0.1) is 9.40 Å². The molecule has 0 amide bonds. The molecule has 0 N–H and O–H groups in total. The Bertz CT molecular complexity index is 550. The van der Waals surface area contributed by atoms with E-state index in [9.17, 15) is 19.3 Å². The lowest BCUT2D eigenvalue weighted by Gasteiger charge is -2.33. The fourth-order valence-electron chi connectivity index (χ4n) is 1.77. The molecule has 102 valence electrons. The molecule has 0 aliphatic heterocycles. The lowest BCUT2D eigenvalue weighted by molar-refractivity contribution is -0.386. The second-order valence-corrected chi connectivity index (χ2v) is 4.83. The molecule has 1 aromatic carbocycles. The molecule has 19 heavy (non-hydrogen) atoms. The summed E-state index contributed by atoms with van der Waals surface area (Å²) in [5.74, 6) is -1.04. The van der Waals surface area contributed by atoms with Gasteiger partial charge in [-0.1, -0.05) is 0 Å². The first-order valence-corrected chi connectivity index (χ1v) is 6.09. The van der Waals surface area contributed by atoms with Gasteiger partial charge >= 0.3 is 5.69 Å². The Kier molecular flexibility index (Phi) is 3.81. The molecule has 2 unspecified atom stereocenters. The first-order valence-electron chi connectivity index (χ1n) is 5.29. The lowest BCUT2D eigenvalue weighted by atomic mass is 9.90. The van der Waals surface area contributed by atoms with Gasteiger partial charge in [-0.2, -0.15) is 0 Å². The molecule has 1 saturated carbocycles. The Balaban J connectivity index is 2.27. The number of halogens is 2. The molecule has 2 rings (SSSR count). The normalized spacial score (nSPS) is 21.9. The second-order valence-electron chi connectivity index (χ2n) is 3.97. The maximum atomic E-state index is 13.4.